The maximum atomic E-state index is 12.4. The molecule has 0 unspecified atom stereocenters. The zero-order valence-electron chi connectivity index (χ0n) is 12.8. The summed E-state index contributed by atoms with van der Waals surface area (Å²) in [6.07, 6.45) is 1.49. The molecule has 4 heterocycles. The van der Waals surface area contributed by atoms with Crippen LogP contribution < -0.4 is 11.2 Å². The monoisotopic (exact) mass is 344 g/mol. The molecule has 0 spiro atoms. The Hall–Kier alpha value is -3.01. The first-order chi connectivity index (χ1) is 11.6. The first-order valence-electron chi connectivity index (χ1n) is 7.03. The molecule has 10 heteroatoms. The van der Waals surface area contributed by atoms with Crippen LogP contribution in [0.25, 0.3) is 21.9 Å². The molecule has 9 nitrogen and oxygen atoms in total. The highest BCUT2D eigenvalue weighted by Gasteiger charge is 2.16. The van der Waals surface area contributed by atoms with Gasteiger partial charge in [0.25, 0.3) is 5.56 Å². The van der Waals surface area contributed by atoms with E-state index in [1.165, 1.54) is 29.3 Å². The van der Waals surface area contributed by atoms with Gasteiger partial charge in [0.05, 0.1) is 11.2 Å². The molecule has 0 fully saturated rings. The topological polar surface area (TPSA) is 101 Å². The second-order valence-corrected chi connectivity index (χ2v) is 6.19. The van der Waals surface area contributed by atoms with Crippen LogP contribution in [0, 0.1) is 0 Å². The summed E-state index contributed by atoms with van der Waals surface area (Å²) in [5.41, 5.74) is -0.198. The normalized spacial score (nSPS) is 11.4. The number of aromatic nitrogens is 6. The van der Waals surface area contributed by atoms with Gasteiger partial charge in [0.2, 0.25) is 11.7 Å². The zero-order valence-corrected chi connectivity index (χ0v) is 13.6. The number of rotatable bonds is 3. The van der Waals surface area contributed by atoms with Crippen molar-refractivity contribution in [2.45, 2.75) is 6.54 Å². The van der Waals surface area contributed by atoms with E-state index in [0.717, 1.165) is 9.44 Å². The summed E-state index contributed by atoms with van der Waals surface area (Å²) < 4.78 is 9.23. The second kappa shape index (κ2) is 5.27. The lowest BCUT2D eigenvalue weighted by Gasteiger charge is -2.04. The number of hydrogen-bond donors (Lipinski definition) is 0. The van der Waals surface area contributed by atoms with Gasteiger partial charge in [0.15, 0.2) is 11.2 Å². The molecule has 0 aliphatic heterocycles. The maximum absolute atomic E-state index is 12.4. The number of thiophene rings is 1. The van der Waals surface area contributed by atoms with Gasteiger partial charge < -0.3 is 9.09 Å². The van der Waals surface area contributed by atoms with Crippen molar-refractivity contribution >= 4 is 22.5 Å². The van der Waals surface area contributed by atoms with E-state index in [-0.39, 0.29) is 6.54 Å². The molecule has 0 atom stereocenters. The van der Waals surface area contributed by atoms with Crippen molar-refractivity contribution in [3.63, 3.8) is 0 Å². The Morgan fingerprint density at radius 1 is 1.25 bits per heavy atom. The lowest BCUT2D eigenvalue weighted by molar-refractivity contribution is 0.372. The van der Waals surface area contributed by atoms with Crippen LogP contribution in [-0.2, 0) is 20.6 Å². The van der Waals surface area contributed by atoms with Gasteiger partial charge in [0, 0.05) is 14.1 Å². The van der Waals surface area contributed by atoms with E-state index in [0.29, 0.717) is 22.9 Å². The number of nitrogens with zero attached hydrogens (tertiary/aromatic N) is 6. The van der Waals surface area contributed by atoms with Crippen LogP contribution in [-0.4, -0.2) is 28.8 Å². The highest BCUT2D eigenvalue weighted by atomic mass is 32.1. The van der Waals surface area contributed by atoms with Crippen LogP contribution in [0.1, 0.15) is 5.89 Å². The van der Waals surface area contributed by atoms with Gasteiger partial charge in [-0.3, -0.25) is 13.9 Å². The van der Waals surface area contributed by atoms with Crippen LogP contribution in [0.2, 0.25) is 0 Å². The fraction of sp³-hybridized carbons (Fsp3) is 0.214. The fourth-order valence-electron chi connectivity index (χ4n) is 2.49. The summed E-state index contributed by atoms with van der Waals surface area (Å²) in [5, 5.41) is 5.87. The zero-order chi connectivity index (χ0) is 16.8. The van der Waals surface area contributed by atoms with E-state index in [1.54, 1.807) is 11.6 Å². The Balaban J connectivity index is 1.79. The number of imidazole rings is 1. The molecule has 0 aromatic carbocycles. The maximum Gasteiger partial charge on any atom is 0.332 e. The quantitative estimate of drug-likeness (QED) is 0.539. The molecule has 0 bridgehead atoms. The van der Waals surface area contributed by atoms with Crippen molar-refractivity contribution in [2.24, 2.45) is 14.1 Å². The lowest BCUT2D eigenvalue weighted by atomic mass is 10.4. The summed E-state index contributed by atoms with van der Waals surface area (Å²) in [6.45, 7) is 0.197. The van der Waals surface area contributed by atoms with E-state index >= 15 is 0 Å². The molecule has 0 radical (unpaired) electrons. The minimum atomic E-state index is -0.421. The first kappa shape index (κ1) is 14.6. The van der Waals surface area contributed by atoms with Gasteiger partial charge in [0.1, 0.15) is 6.54 Å². The third-order valence-corrected chi connectivity index (χ3v) is 4.60. The minimum absolute atomic E-state index is 0.197. The SMILES string of the molecule is Cn1c(=O)c2c(ncn2Cc2nc(-c3cccs3)no2)n(C)c1=O. The van der Waals surface area contributed by atoms with Crippen LogP contribution in [0.3, 0.4) is 0 Å². The van der Waals surface area contributed by atoms with Crippen molar-refractivity contribution < 1.29 is 4.52 Å². The molecule has 0 N–H and O–H groups in total. The molecule has 4 rings (SSSR count). The van der Waals surface area contributed by atoms with Crippen LogP contribution in [0.15, 0.2) is 38.0 Å². The standard InChI is InChI=1S/C14H12N6O3S/c1-18-12-10(13(21)19(2)14(18)22)20(7-15-12)6-9-16-11(17-23-9)8-4-3-5-24-8/h3-5,7H,6H2,1-2H3. The largest absolute Gasteiger partial charge is 0.337 e. The van der Waals surface area contributed by atoms with Gasteiger partial charge in [-0.15, -0.1) is 11.3 Å². The average molecular weight is 344 g/mol. The summed E-state index contributed by atoms with van der Waals surface area (Å²) in [5.74, 6) is 0.860. The summed E-state index contributed by atoms with van der Waals surface area (Å²) in [7, 11) is 3.01. The fourth-order valence-corrected chi connectivity index (χ4v) is 3.14. The molecule has 4 aromatic rings. The van der Waals surface area contributed by atoms with Crippen molar-refractivity contribution in [3.8, 4) is 10.7 Å². The van der Waals surface area contributed by atoms with Crippen molar-refractivity contribution in [2.75, 3.05) is 0 Å². The van der Waals surface area contributed by atoms with Crippen LogP contribution >= 0.6 is 11.3 Å². The number of hydrogen-bond acceptors (Lipinski definition) is 7. The van der Waals surface area contributed by atoms with E-state index in [9.17, 15) is 9.59 Å². The van der Waals surface area contributed by atoms with Crippen LogP contribution in [0.5, 0.6) is 0 Å². The molecule has 0 aliphatic carbocycles. The molecular formula is C14H12N6O3S. The molecule has 24 heavy (non-hydrogen) atoms. The molecule has 4 aromatic heterocycles. The molecular weight excluding hydrogens is 332 g/mol. The van der Waals surface area contributed by atoms with Crippen molar-refractivity contribution in [1.29, 1.82) is 0 Å². The van der Waals surface area contributed by atoms with Crippen molar-refractivity contribution in [1.82, 2.24) is 28.8 Å². The van der Waals surface area contributed by atoms with E-state index in [2.05, 4.69) is 15.1 Å². The van der Waals surface area contributed by atoms with Gasteiger partial charge >= 0.3 is 5.69 Å². The predicted octanol–water partition coefficient (Wildman–Crippen LogP) is 0.593. The van der Waals surface area contributed by atoms with Crippen molar-refractivity contribution in [3.05, 3.63) is 50.6 Å². The Bertz CT molecular complexity index is 1150. The third-order valence-electron chi connectivity index (χ3n) is 3.73. The Kier molecular flexibility index (Phi) is 3.20. The summed E-state index contributed by atoms with van der Waals surface area (Å²) >= 11 is 1.51. The Labute approximate surface area is 138 Å². The molecule has 122 valence electrons. The number of aryl methyl sites for hydroxylation is 1. The first-order valence-corrected chi connectivity index (χ1v) is 7.91. The van der Waals surface area contributed by atoms with E-state index in [4.69, 9.17) is 4.52 Å². The minimum Gasteiger partial charge on any atom is -0.337 e. The average Bonchev–Trinajstić information content (AvgIpc) is 3.31. The van der Waals surface area contributed by atoms with Gasteiger partial charge in [-0.05, 0) is 11.4 Å². The third kappa shape index (κ3) is 2.11. The lowest BCUT2D eigenvalue weighted by Crippen LogP contribution is -2.37. The summed E-state index contributed by atoms with van der Waals surface area (Å²) in [6, 6.07) is 3.81. The van der Waals surface area contributed by atoms with Gasteiger partial charge in [-0.25, -0.2) is 9.78 Å². The summed E-state index contributed by atoms with van der Waals surface area (Å²) in [4.78, 5) is 33.7. The number of fused-ring (bicyclic) bond motifs is 1. The smallest absolute Gasteiger partial charge is 0.332 e. The second-order valence-electron chi connectivity index (χ2n) is 5.24. The predicted molar refractivity (Wildman–Crippen MR) is 86.9 cm³/mol. The van der Waals surface area contributed by atoms with Crippen LogP contribution in [0.4, 0.5) is 0 Å². The Morgan fingerprint density at radius 3 is 2.83 bits per heavy atom. The molecule has 0 aliphatic rings. The molecule has 0 saturated heterocycles. The van der Waals surface area contributed by atoms with E-state index in [1.807, 2.05) is 17.5 Å². The van der Waals surface area contributed by atoms with Gasteiger partial charge in [-0.2, -0.15) is 4.98 Å². The highest BCUT2D eigenvalue weighted by Crippen LogP contribution is 2.21. The highest BCUT2D eigenvalue weighted by molar-refractivity contribution is 7.13. The molecule has 0 amide bonds. The molecule has 0 saturated carbocycles. The Morgan fingerprint density at radius 2 is 2.08 bits per heavy atom. The van der Waals surface area contributed by atoms with Gasteiger partial charge in [-0.1, -0.05) is 11.2 Å². The van der Waals surface area contributed by atoms with E-state index < -0.39 is 11.2 Å².